The Hall–Kier alpha value is -1.88. The number of rotatable bonds is 2. The number of hydrogen-bond acceptors (Lipinski definition) is 6. The van der Waals surface area contributed by atoms with E-state index in [1.54, 1.807) is 6.20 Å². The third kappa shape index (κ3) is 3.17. The van der Waals surface area contributed by atoms with Crippen LogP contribution < -0.4 is 10.6 Å². The molecule has 1 aliphatic heterocycles. The minimum atomic E-state index is -0.762. The Kier molecular flexibility index (Phi) is 4.09. The standard InChI is InChI=1S/C12H14BrN5O2/c1-12(20-11(15)19)2-4-18(5-3-12)10-8(6-14)17-9(13)7-16-10/h7H,2-5H2,1H3,(H2,15,19). The fourth-order valence-corrected chi connectivity index (χ4v) is 2.48. The molecule has 0 aromatic carbocycles. The molecule has 0 saturated carbocycles. The van der Waals surface area contributed by atoms with Crippen LogP contribution in [0.2, 0.25) is 0 Å². The summed E-state index contributed by atoms with van der Waals surface area (Å²) in [6.07, 6.45) is 2.04. The van der Waals surface area contributed by atoms with Gasteiger partial charge in [0.15, 0.2) is 11.5 Å². The predicted octanol–water partition coefficient (Wildman–Crippen LogP) is 1.56. The van der Waals surface area contributed by atoms with Crippen molar-refractivity contribution in [1.82, 2.24) is 9.97 Å². The molecule has 0 unspecified atom stereocenters. The highest BCUT2D eigenvalue weighted by molar-refractivity contribution is 9.10. The molecular weight excluding hydrogens is 326 g/mol. The van der Waals surface area contributed by atoms with E-state index in [9.17, 15) is 4.79 Å². The lowest BCUT2D eigenvalue weighted by molar-refractivity contribution is 0.0126. The first-order valence-electron chi connectivity index (χ1n) is 6.09. The molecule has 20 heavy (non-hydrogen) atoms. The van der Waals surface area contributed by atoms with E-state index in [2.05, 4.69) is 25.9 Å². The molecule has 7 nitrogen and oxygen atoms in total. The summed E-state index contributed by atoms with van der Waals surface area (Å²) in [5.41, 5.74) is 4.79. The number of primary amides is 1. The summed E-state index contributed by atoms with van der Waals surface area (Å²) in [6.45, 7) is 3.09. The topological polar surface area (TPSA) is 105 Å². The molecule has 1 aliphatic rings. The summed E-state index contributed by atoms with van der Waals surface area (Å²) in [7, 11) is 0. The largest absolute Gasteiger partial charge is 0.443 e. The molecule has 1 fully saturated rings. The SMILES string of the molecule is CC1(OC(N)=O)CCN(c2ncc(Br)nc2C#N)CC1. The fraction of sp³-hybridized carbons (Fsp3) is 0.500. The molecule has 8 heteroatoms. The van der Waals surface area contributed by atoms with Crippen LogP contribution in [-0.2, 0) is 4.74 Å². The van der Waals surface area contributed by atoms with Gasteiger partial charge in [-0.1, -0.05) is 0 Å². The van der Waals surface area contributed by atoms with Crippen molar-refractivity contribution < 1.29 is 9.53 Å². The highest BCUT2D eigenvalue weighted by atomic mass is 79.9. The van der Waals surface area contributed by atoms with Gasteiger partial charge in [-0.25, -0.2) is 14.8 Å². The number of anilines is 1. The zero-order chi connectivity index (χ0) is 14.8. The first-order chi connectivity index (χ1) is 9.43. The van der Waals surface area contributed by atoms with Gasteiger partial charge < -0.3 is 15.4 Å². The van der Waals surface area contributed by atoms with Crippen LogP contribution in [0.1, 0.15) is 25.5 Å². The number of piperidine rings is 1. The number of halogens is 1. The third-order valence-electron chi connectivity index (χ3n) is 3.30. The Labute approximate surface area is 124 Å². The number of ether oxygens (including phenoxy) is 1. The molecule has 2 heterocycles. The second-order valence-corrected chi connectivity index (χ2v) is 5.65. The van der Waals surface area contributed by atoms with Crippen LogP contribution in [0.4, 0.5) is 10.6 Å². The average molecular weight is 340 g/mol. The Bertz CT molecular complexity index is 563. The summed E-state index contributed by atoms with van der Waals surface area (Å²) in [6, 6.07) is 2.04. The normalized spacial score (nSPS) is 17.4. The van der Waals surface area contributed by atoms with Gasteiger partial charge in [0.05, 0.1) is 6.20 Å². The number of nitriles is 1. The quantitative estimate of drug-likeness (QED) is 0.876. The van der Waals surface area contributed by atoms with E-state index in [0.717, 1.165) is 0 Å². The van der Waals surface area contributed by atoms with Gasteiger partial charge in [-0.15, -0.1) is 0 Å². The highest BCUT2D eigenvalue weighted by Gasteiger charge is 2.34. The zero-order valence-electron chi connectivity index (χ0n) is 11.0. The predicted molar refractivity (Wildman–Crippen MR) is 75.0 cm³/mol. The smallest absolute Gasteiger partial charge is 0.405 e. The number of aromatic nitrogens is 2. The van der Waals surface area contributed by atoms with Gasteiger partial charge in [-0.2, -0.15) is 5.26 Å². The summed E-state index contributed by atoms with van der Waals surface area (Å²) in [4.78, 5) is 21.2. The highest BCUT2D eigenvalue weighted by Crippen LogP contribution is 2.29. The lowest BCUT2D eigenvalue weighted by Crippen LogP contribution is -2.46. The monoisotopic (exact) mass is 339 g/mol. The van der Waals surface area contributed by atoms with Crippen molar-refractivity contribution >= 4 is 27.8 Å². The number of nitrogens with two attached hydrogens (primary N) is 1. The molecule has 0 radical (unpaired) electrons. The lowest BCUT2D eigenvalue weighted by atomic mass is 9.93. The van der Waals surface area contributed by atoms with Crippen molar-refractivity contribution in [2.24, 2.45) is 5.73 Å². The minimum absolute atomic E-state index is 0.277. The van der Waals surface area contributed by atoms with Crippen molar-refractivity contribution in [3.8, 4) is 6.07 Å². The van der Waals surface area contributed by atoms with E-state index in [0.29, 0.717) is 36.4 Å². The van der Waals surface area contributed by atoms with Gasteiger partial charge in [0.25, 0.3) is 0 Å². The van der Waals surface area contributed by atoms with Gasteiger partial charge in [0.1, 0.15) is 16.3 Å². The summed E-state index contributed by atoms with van der Waals surface area (Å²) in [5, 5.41) is 9.11. The van der Waals surface area contributed by atoms with E-state index in [4.69, 9.17) is 15.7 Å². The van der Waals surface area contributed by atoms with Gasteiger partial charge in [0.2, 0.25) is 0 Å². The maximum atomic E-state index is 10.9. The zero-order valence-corrected chi connectivity index (χ0v) is 12.6. The first-order valence-corrected chi connectivity index (χ1v) is 6.89. The van der Waals surface area contributed by atoms with Crippen molar-refractivity contribution in [3.05, 3.63) is 16.5 Å². The van der Waals surface area contributed by atoms with Crippen molar-refractivity contribution in [1.29, 1.82) is 5.26 Å². The molecule has 2 N–H and O–H groups in total. The summed E-state index contributed by atoms with van der Waals surface area (Å²) < 4.78 is 5.67. The maximum Gasteiger partial charge on any atom is 0.405 e. The van der Waals surface area contributed by atoms with Gasteiger partial charge in [-0.3, -0.25) is 0 Å². The van der Waals surface area contributed by atoms with Crippen molar-refractivity contribution in [2.45, 2.75) is 25.4 Å². The van der Waals surface area contributed by atoms with Crippen LogP contribution >= 0.6 is 15.9 Å². The van der Waals surface area contributed by atoms with E-state index in [1.165, 1.54) is 0 Å². The van der Waals surface area contributed by atoms with Crippen LogP contribution in [0.3, 0.4) is 0 Å². The van der Waals surface area contributed by atoms with Crippen LogP contribution in [0.5, 0.6) is 0 Å². The molecule has 2 rings (SSSR count). The number of carbonyl (C=O) groups is 1. The summed E-state index contributed by atoms with van der Waals surface area (Å²) >= 11 is 3.19. The van der Waals surface area contributed by atoms with Gasteiger partial charge in [-0.05, 0) is 22.9 Å². The molecule has 1 aromatic heterocycles. The number of nitrogens with zero attached hydrogens (tertiary/aromatic N) is 4. The number of hydrogen-bond donors (Lipinski definition) is 1. The van der Waals surface area contributed by atoms with Crippen LogP contribution in [0.15, 0.2) is 10.8 Å². The number of carbonyl (C=O) groups excluding carboxylic acids is 1. The Morgan fingerprint density at radius 1 is 1.60 bits per heavy atom. The van der Waals surface area contributed by atoms with Crippen molar-refractivity contribution in [2.75, 3.05) is 18.0 Å². The Morgan fingerprint density at radius 2 is 2.25 bits per heavy atom. The molecule has 106 valence electrons. The molecule has 0 aliphatic carbocycles. The average Bonchev–Trinajstić information content (AvgIpc) is 2.38. The second kappa shape index (κ2) is 5.63. The molecule has 1 saturated heterocycles. The van der Waals surface area contributed by atoms with Crippen LogP contribution in [0.25, 0.3) is 0 Å². The fourth-order valence-electron chi connectivity index (χ4n) is 2.20. The third-order valence-corrected chi connectivity index (χ3v) is 3.68. The Morgan fingerprint density at radius 3 is 2.80 bits per heavy atom. The second-order valence-electron chi connectivity index (χ2n) is 4.83. The summed E-state index contributed by atoms with van der Waals surface area (Å²) in [5.74, 6) is 0.553. The molecule has 1 amide bonds. The van der Waals surface area contributed by atoms with E-state index in [-0.39, 0.29) is 5.69 Å². The van der Waals surface area contributed by atoms with Crippen LogP contribution in [-0.4, -0.2) is 34.8 Å². The molecular formula is C12H14BrN5O2. The number of amides is 1. The molecule has 0 bridgehead atoms. The van der Waals surface area contributed by atoms with E-state index < -0.39 is 11.7 Å². The molecule has 0 atom stereocenters. The van der Waals surface area contributed by atoms with Gasteiger partial charge >= 0.3 is 6.09 Å². The van der Waals surface area contributed by atoms with Crippen molar-refractivity contribution in [3.63, 3.8) is 0 Å². The Balaban J connectivity index is 2.12. The lowest BCUT2D eigenvalue weighted by Gasteiger charge is -2.38. The van der Waals surface area contributed by atoms with E-state index >= 15 is 0 Å². The molecule has 1 aromatic rings. The molecule has 0 spiro atoms. The van der Waals surface area contributed by atoms with E-state index in [1.807, 2.05) is 17.9 Å². The van der Waals surface area contributed by atoms with Gasteiger partial charge in [0, 0.05) is 25.9 Å². The van der Waals surface area contributed by atoms with Crippen LogP contribution in [0, 0.1) is 11.3 Å². The first kappa shape index (κ1) is 14.5. The maximum absolute atomic E-state index is 10.9. The minimum Gasteiger partial charge on any atom is -0.443 e.